The first-order valence-corrected chi connectivity index (χ1v) is 25.4. The zero-order valence-electron chi connectivity index (χ0n) is 42.2. The van der Waals surface area contributed by atoms with Gasteiger partial charge in [-0.1, -0.05) is 0 Å². The smallest absolute Gasteiger partial charge is 0.270 e. The number of ether oxygens (including phenoxy) is 14. The van der Waals surface area contributed by atoms with Crippen molar-refractivity contribution < 1.29 is 66.3 Å². The van der Waals surface area contributed by atoms with E-state index in [4.69, 9.17) is 66.3 Å². The topological polar surface area (TPSA) is 211 Å². The second-order valence-electron chi connectivity index (χ2n) is 17.3. The summed E-state index contributed by atoms with van der Waals surface area (Å²) in [7, 11) is 0. The van der Waals surface area contributed by atoms with Crippen LogP contribution in [0.4, 0.5) is 11.6 Å². The van der Waals surface area contributed by atoms with Gasteiger partial charge in [0.15, 0.2) is 0 Å². The first-order chi connectivity index (χ1) is 33.0. The van der Waals surface area contributed by atoms with E-state index in [1.165, 1.54) is 0 Å². The Kier molecular flexibility index (Phi) is 33.1. The fourth-order valence-electron chi connectivity index (χ4n) is 5.80. The SMILES string of the molecule is CCOCCOCCOCCOCCOCOC(CNC(C)(C)C)COc1nsnc1N1CCOCC1.CCOCCOCCOCOC(CNC(C)(C)C)COc1nsnc1N1CCOCC1. The van der Waals surface area contributed by atoms with E-state index < -0.39 is 0 Å². The lowest BCUT2D eigenvalue weighted by Crippen LogP contribution is -2.44. The number of nitrogens with one attached hydrogen (secondary N) is 2. The lowest BCUT2D eigenvalue weighted by Gasteiger charge is -2.27. The summed E-state index contributed by atoms with van der Waals surface area (Å²) in [6, 6.07) is 0. The standard InChI is InChI=1S/C24H46N4O8S.C20H38N4O6S/c1-5-29-10-11-31-12-13-32-14-15-33-16-17-34-20-36-21(18-25-24(2,3)4)19-35-23-22(26-37-27-23)28-6-8-30-9-7-28;1-5-25-10-11-27-12-13-28-16-30-17(14-21-20(2,3)4)15-29-19-18(22-31-23-19)24-6-8-26-9-7-24/h21,25H,5-20H2,1-4H3;17,21H,5-16H2,1-4H3. The summed E-state index contributed by atoms with van der Waals surface area (Å²) in [6.45, 7) is 32.4. The highest BCUT2D eigenvalue weighted by Gasteiger charge is 2.24. The van der Waals surface area contributed by atoms with Crippen LogP contribution in [-0.4, -0.2) is 226 Å². The van der Waals surface area contributed by atoms with E-state index in [0.29, 0.717) is 157 Å². The minimum atomic E-state index is -0.219. The van der Waals surface area contributed by atoms with Crippen molar-refractivity contribution in [2.45, 2.75) is 78.7 Å². The van der Waals surface area contributed by atoms with E-state index in [9.17, 15) is 0 Å². The van der Waals surface area contributed by atoms with Crippen LogP contribution in [0.5, 0.6) is 11.8 Å². The zero-order chi connectivity index (χ0) is 49.0. The summed E-state index contributed by atoms with van der Waals surface area (Å²) in [5.41, 5.74) is -0.0763. The van der Waals surface area contributed by atoms with Gasteiger partial charge in [0, 0.05) is 63.6 Å². The number of aromatic nitrogens is 4. The van der Waals surface area contributed by atoms with Gasteiger partial charge in [0.2, 0.25) is 11.6 Å². The molecule has 0 aliphatic carbocycles. The van der Waals surface area contributed by atoms with Gasteiger partial charge >= 0.3 is 0 Å². The Morgan fingerprint density at radius 3 is 1.13 bits per heavy atom. The molecule has 2 unspecified atom stereocenters. The molecular weight excluding hydrogens is 929 g/mol. The number of hydrogen-bond acceptors (Lipinski definition) is 24. The summed E-state index contributed by atoms with van der Waals surface area (Å²) in [4.78, 5) is 4.28. The molecule has 2 aromatic rings. The second-order valence-corrected chi connectivity index (χ2v) is 18.4. The molecule has 68 heavy (non-hydrogen) atoms. The van der Waals surface area contributed by atoms with Crippen LogP contribution in [0, 0.1) is 0 Å². The average molecular weight is 1010 g/mol. The molecule has 2 N–H and O–H groups in total. The molecule has 4 rings (SSSR count). The number of rotatable bonds is 38. The van der Waals surface area contributed by atoms with Gasteiger partial charge in [-0.25, -0.2) is 0 Å². The largest absolute Gasteiger partial charge is 0.472 e. The maximum absolute atomic E-state index is 6.01. The molecule has 0 radical (unpaired) electrons. The average Bonchev–Trinajstić information content (AvgIpc) is 4.01. The highest BCUT2D eigenvalue weighted by molar-refractivity contribution is 6.99. The lowest BCUT2D eigenvalue weighted by atomic mass is 10.1. The summed E-state index contributed by atoms with van der Waals surface area (Å²) in [5, 5.41) is 6.91. The Bertz CT molecular complexity index is 1470. The van der Waals surface area contributed by atoms with E-state index in [1.807, 2.05) is 13.8 Å². The van der Waals surface area contributed by atoms with Crippen LogP contribution >= 0.6 is 23.5 Å². The predicted molar refractivity (Wildman–Crippen MR) is 260 cm³/mol. The van der Waals surface area contributed by atoms with Crippen molar-refractivity contribution in [3.8, 4) is 11.8 Å². The van der Waals surface area contributed by atoms with Crippen molar-refractivity contribution in [1.82, 2.24) is 28.1 Å². The van der Waals surface area contributed by atoms with Crippen molar-refractivity contribution >= 4 is 35.1 Å². The maximum Gasteiger partial charge on any atom is 0.270 e. The van der Waals surface area contributed by atoms with Crippen molar-refractivity contribution in [2.24, 2.45) is 0 Å². The summed E-state index contributed by atoms with van der Waals surface area (Å²) in [5.74, 6) is 2.61. The number of hydrogen-bond donors (Lipinski definition) is 2. The molecular formula is C44H84N8O14S2. The van der Waals surface area contributed by atoms with Crippen LogP contribution in [0.25, 0.3) is 0 Å². The zero-order valence-corrected chi connectivity index (χ0v) is 43.8. The molecule has 0 saturated carbocycles. The monoisotopic (exact) mass is 1010 g/mol. The van der Waals surface area contributed by atoms with Crippen molar-refractivity contribution in [2.75, 3.05) is 195 Å². The summed E-state index contributed by atoms with van der Waals surface area (Å²) in [6.07, 6.45) is -0.416. The third-order valence-electron chi connectivity index (χ3n) is 9.45. The van der Waals surface area contributed by atoms with E-state index in [1.54, 1.807) is 0 Å². The van der Waals surface area contributed by atoms with Crippen LogP contribution in [0.1, 0.15) is 55.4 Å². The van der Waals surface area contributed by atoms with E-state index in [-0.39, 0.29) is 36.9 Å². The molecule has 2 aliphatic heterocycles. The Hall–Kier alpha value is -2.24. The van der Waals surface area contributed by atoms with Crippen molar-refractivity contribution in [3.63, 3.8) is 0 Å². The van der Waals surface area contributed by atoms with Crippen LogP contribution in [0.3, 0.4) is 0 Å². The Morgan fingerprint density at radius 2 is 0.809 bits per heavy atom. The number of nitrogens with zero attached hydrogens (tertiary/aromatic N) is 6. The van der Waals surface area contributed by atoms with Gasteiger partial charge in [0.1, 0.15) is 39.0 Å². The molecule has 2 saturated heterocycles. The van der Waals surface area contributed by atoms with E-state index in [2.05, 4.69) is 79.5 Å². The summed E-state index contributed by atoms with van der Waals surface area (Å²) < 4.78 is 95.5. The molecule has 2 aliphatic rings. The predicted octanol–water partition coefficient (Wildman–Crippen LogP) is 3.14. The molecule has 0 bridgehead atoms. The van der Waals surface area contributed by atoms with Gasteiger partial charge in [-0.15, -0.1) is 8.75 Å². The second kappa shape index (κ2) is 37.5. The molecule has 0 spiro atoms. The molecule has 2 fully saturated rings. The van der Waals surface area contributed by atoms with Gasteiger partial charge in [0.25, 0.3) is 11.8 Å². The molecule has 22 nitrogen and oxygen atoms in total. The molecule has 4 heterocycles. The first-order valence-electron chi connectivity index (χ1n) is 23.9. The lowest BCUT2D eigenvalue weighted by molar-refractivity contribution is -0.110. The Labute approximate surface area is 413 Å². The number of morpholine rings is 2. The molecule has 2 aromatic heterocycles. The highest BCUT2D eigenvalue weighted by atomic mass is 32.1. The maximum atomic E-state index is 6.01. The van der Waals surface area contributed by atoms with Gasteiger partial charge < -0.3 is 86.7 Å². The fourth-order valence-corrected chi connectivity index (χ4v) is 6.84. The van der Waals surface area contributed by atoms with Gasteiger partial charge in [-0.3, -0.25) is 0 Å². The minimum Gasteiger partial charge on any atom is -0.472 e. The van der Waals surface area contributed by atoms with Crippen LogP contribution in [-0.2, 0) is 56.8 Å². The number of anilines is 2. The van der Waals surface area contributed by atoms with E-state index >= 15 is 0 Å². The van der Waals surface area contributed by atoms with Gasteiger partial charge in [-0.05, 0) is 55.4 Å². The normalized spacial score (nSPS) is 15.6. The van der Waals surface area contributed by atoms with Crippen LogP contribution < -0.4 is 29.9 Å². The molecule has 0 aromatic carbocycles. The van der Waals surface area contributed by atoms with Gasteiger partial charge in [-0.2, -0.15) is 8.75 Å². The fraction of sp³-hybridized carbons (Fsp3) is 0.909. The molecule has 2 atom stereocenters. The molecule has 24 heteroatoms. The van der Waals surface area contributed by atoms with Crippen LogP contribution in [0.15, 0.2) is 0 Å². The third-order valence-corrected chi connectivity index (χ3v) is 10.5. The Balaban J connectivity index is 0.000000366. The van der Waals surface area contributed by atoms with Gasteiger partial charge in [0.05, 0.1) is 129 Å². The molecule has 0 amide bonds. The van der Waals surface area contributed by atoms with Crippen molar-refractivity contribution in [1.29, 1.82) is 0 Å². The van der Waals surface area contributed by atoms with Crippen molar-refractivity contribution in [3.05, 3.63) is 0 Å². The van der Waals surface area contributed by atoms with E-state index in [0.717, 1.165) is 61.3 Å². The highest BCUT2D eigenvalue weighted by Crippen LogP contribution is 2.27. The summed E-state index contributed by atoms with van der Waals surface area (Å²) >= 11 is 2.30. The minimum absolute atomic E-state index is 0.0297. The van der Waals surface area contributed by atoms with Crippen LogP contribution in [0.2, 0.25) is 0 Å². The third kappa shape index (κ3) is 29.8. The quantitative estimate of drug-likeness (QED) is 0.0731. The first kappa shape index (κ1) is 60.1. The molecule has 396 valence electrons. The Morgan fingerprint density at radius 1 is 0.485 bits per heavy atom.